The van der Waals surface area contributed by atoms with E-state index in [4.69, 9.17) is 0 Å². The summed E-state index contributed by atoms with van der Waals surface area (Å²) in [5.74, 6) is 0. The van der Waals surface area contributed by atoms with Gasteiger partial charge < -0.3 is 0 Å². The summed E-state index contributed by atoms with van der Waals surface area (Å²) in [6.45, 7) is 0. The largest absolute Gasteiger partial charge is 0.240 e. The van der Waals surface area contributed by atoms with Crippen LogP contribution in [0.3, 0.4) is 0 Å². The van der Waals surface area contributed by atoms with Gasteiger partial charge in [0.15, 0.2) is 5.54 Å². The van der Waals surface area contributed by atoms with Gasteiger partial charge in [-0.25, -0.2) is 9.59 Å². The molecule has 0 aromatic heterocycles. The summed E-state index contributed by atoms with van der Waals surface area (Å²) in [4.78, 5) is 29.6. The molecular weight excluding hydrogens is 264 g/mol. The van der Waals surface area contributed by atoms with Crippen LogP contribution < -0.4 is 0 Å². The molecule has 0 bridgehead atoms. The standard InChI is InChI=1S/C17H10N2O2/c20-11-18-16-10-13-6-4-5-9-15(13)17(16,19-12-21)14-7-2-1-3-8-14/h1-10H. The molecule has 0 fully saturated rings. The first-order valence-electron chi connectivity index (χ1n) is 6.37. The summed E-state index contributed by atoms with van der Waals surface area (Å²) in [6, 6.07) is 16.7. The van der Waals surface area contributed by atoms with E-state index in [1.54, 1.807) is 18.2 Å². The van der Waals surface area contributed by atoms with Gasteiger partial charge in [-0.05, 0) is 22.8 Å². The first-order chi connectivity index (χ1) is 10.3. The second-order valence-electron chi connectivity index (χ2n) is 4.60. The van der Waals surface area contributed by atoms with E-state index in [9.17, 15) is 9.59 Å². The third kappa shape index (κ3) is 1.87. The molecule has 0 aliphatic heterocycles. The van der Waals surface area contributed by atoms with Gasteiger partial charge in [-0.2, -0.15) is 9.98 Å². The van der Waals surface area contributed by atoms with Gasteiger partial charge >= 0.3 is 0 Å². The SMILES string of the molecule is O=C=NC1=Cc2ccccc2C1(N=C=O)c1ccccc1. The highest BCUT2D eigenvalue weighted by Crippen LogP contribution is 2.47. The highest BCUT2D eigenvalue weighted by atomic mass is 16.1. The van der Waals surface area contributed by atoms with Gasteiger partial charge in [0.1, 0.15) is 0 Å². The first-order valence-corrected chi connectivity index (χ1v) is 6.37. The van der Waals surface area contributed by atoms with Crippen LogP contribution in [0.15, 0.2) is 70.3 Å². The molecule has 21 heavy (non-hydrogen) atoms. The van der Waals surface area contributed by atoms with Gasteiger partial charge in [0.2, 0.25) is 12.2 Å². The maximum absolute atomic E-state index is 11.0. The fourth-order valence-corrected chi connectivity index (χ4v) is 2.74. The zero-order chi connectivity index (χ0) is 14.7. The van der Waals surface area contributed by atoms with Crippen LogP contribution in [0, 0.1) is 0 Å². The van der Waals surface area contributed by atoms with E-state index < -0.39 is 5.54 Å². The topological polar surface area (TPSA) is 58.9 Å². The zero-order valence-corrected chi connectivity index (χ0v) is 11.0. The number of rotatable bonds is 3. The maximum Gasteiger partial charge on any atom is 0.240 e. The van der Waals surface area contributed by atoms with Gasteiger partial charge in [0.05, 0.1) is 5.70 Å². The van der Waals surface area contributed by atoms with Crippen molar-refractivity contribution < 1.29 is 9.59 Å². The predicted molar refractivity (Wildman–Crippen MR) is 77.9 cm³/mol. The summed E-state index contributed by atoms with van der Waals surface area (Å²) >= 11 is 0. The van der Waals surface area contributed by atoms with E-state index in [-0.39, 0.29) is 0 Å². The van der Waals surface area contributed by atoms with E-state index in [1.807, 2.05) is 54.6 Å². The van der Waals surface area contributed by atoms with Crippen molar-refractivity contribution in [3.05, 3.63) is 77.0 Å². The lowest BCUT2D eigenvalue weighted by Crippen LogP contribution is -2.25. The quantitative estimate of drug-likeness (QED) is 0.638. The first kappa shape index (κ1) is 12.9. The average molecular weight is 274 g/mol. The molecule has 0 heterocycles. The van der Waals surface area contributed by atoms with Crippen LogP contribution in [0.5, 0.6) is 0 Å². The van der Waals surface area contributed by atoms with Gasteiger partial charge in [-0.3, -0.25) is 0 Å². The van der Waals surface area contributed by atoms with Gasteiger partial charge in [0, 0.05) is 0 Å². The highest BCUT2D eigenvalue weighted by Gasteiger charge is 2.44. The second-order valence-corrected chi connectivity index (χ2v) is 4.60. The molecule has 2 aromatic carbocycles. The lowest BCUT2D eigenvalue weighted by molar-refractivity contribution is 0.545. The fourth-order valence-electron chi connectivity index (χ4n) is 2.74. The number of aliphatic imine (C=N–C) groups is 2. The monoisotopic (exact) mass is 274 g/mol. The van der Waals surface area contributed by atoms with Crippen molar-refractivity contribution >= 4 is 18.2 Å². The summed E-state index contributed by atoms with van der Waals surface area (Å²) in [7, 11) is 0. The summed E-state index contributed by atoms with van der Waals surface area (Å²) in [6.07, 6.45) is 4.91. The van der Waals surface area contributed by atoms with Gasteiger partial charge in [-0.15, -0.1) is 0 Å². The van der Waals surface area contributed by atoms with Crippen LogP contribution in [0.2, 0.25) is 0 Å². The number of isocyanates is 2. The van der Waals surface area contributed by atoms with Crippen LogP contribution in [0.1, 0.15) is 16.7 Å². The third-order valence-corrected chi connectivity index (χ3v) is 3.58. The number of carbonyl (C=O) groups excluding carboxylic acids is 2. The normalized spacial score (nSPS) is 19.0. The van der Waals surface area contributed by atoms with Crippen molar-refractivity contribution in [1.29, 1.82) is 0 Å². The Hall–Kier alpha value is -3.06. The van der Waals surface area contributed by atoms with Crippen molar-refractivity contribution in [2.75, 3.05) is 0 Å². The molecule has 3 rings (SSSR count). The van der Waals surface area contributed by atoms with E-state index in [2.05, 4.69) is 9.98 Å². The second kappa shape index (κ2) is 5.14. The molecule has 2 aromatic rings. The third-order valence-electron chi connectivity index (χ3n) is 3.58. The molecule has 0 spiro atoms. The maximum atomic E-state index is 11.0. The lowest BCUT2D eigenvalue weighted by atomic mass is 9.83. The predicted octanol–water partition coefficient (Wildman–Crippen LogP) is 2.96. The van der Waals surface area contributed by atoms with Crippen molar-refractivity contribution in [2.24, 2.45) is 9.98 Å². The Labute approximate surface area is 121 Å². The van der Waals surface area contributed by atoms with Crippen LogP contribution in [-0.2, 0) is 15.1 Å². The highest BCUT2D eigenvalue weighted by molar-refractivity contribution is 5.74. The van der Waals surface area contributed by atoms with Crippen LogP contribution in [0.25, 0.3) is 6.08 Å². The van der Waals surface area contributed by atoms with Crippen LogP contribution in [0.4, 0.5) is 0 Å². The van der Waals surface area contributed by atoms with Crippen molar-refractivity contribution in [3.8, 4) is 0 Å². The van der Waals surface area contributed by atoms with Gasteiger partial charge in [-0.1, -0.05) is 54.6 Å². The Bertz CT molecular complexity index is 814. The van der Waals surface area contributed by atoms with E-state index in [1.165, 1.54) is 0 Å². The minimum Gasteiger partial charge on any atom is -0.211 e. The van der Waals surface area contributed by atoms with Crippen LogP contribution >= 0.6 is 0 Å². The number of hydrogen-bond acceptors (Lipinski definition) is 4. The molecule has 0 radical (unpaired) electrons. The van der Waals surface area contributed by atoms with Crippen molar-refractivity contribution in [1.82, 2.24) is 0 Å². The van der Waals surface area contributed by atoms with E-state index in [0.29, 0.717) is 5.70 Å². The molecule has 1 aliphatic carbocycles. The molecule has 0 saturated heterocycles. The molecule has 1 unspecified atom stereocenters. The summed E-state index contributed by atoms with van der Waals surface area (Å²) < 4.78 is 0. The average Bonchev–Trinajstić information content (AvgIpc) is 2.84. The number of hydrogen-bond donors (Lipinski definition) is 0. The van der Waals surface area contributed by atoms with Crippen molar-refractivity contribution in [3.63, 3.8) is 0 Å². The Morgan fingerprint density at radius 1 is 0.857 bits per heavy atom. The zero-order valence-electron chi connectivity index (χ0n) is 11.0. The fraction of sp³-hybridized carbons (Fsp3) is 0.0588. The number of fused-ring (bicyclic) bond motifs is 1. The molecule has 100 valence electrons. The Morgan fingerprint density at radius 3 is 2.29 bits per heavy atom. The molecule has 1 aliphatic rings. The molecule has 4 nitrogen and oxygen atoms in total. The molecule has 0 saturated carbocycles. The molecule has 0 amide bonds. The summed E-state index contributed by atoms with van der Waals surface area (Å²) in [5, 5.41) is 0. The Morgan fingerprint density at radius 2 is 1.57 bits per heavy atom. The molecule has 0 N–H and O–H groups in total. The Kier molecular flexibility index (Phi) is 3.17. The lowest BCUT2D eigenvalue weighted by Gasteiger charge is -2.26. The van der Waals surface area contributed by atoms with E-state index >= 15 is 0 Å². The summed E-state index contributed by atoms with van der Waals surface area (Å²) in [5.41, 5.74) is 1.66. The minimum absolute atomic E-state index is 0.369. The molecule has 1 atom stereocenters. The molecule has 4 heteroatoms. The van der Waals surface area contributed by atoms with Crippen molar-refractivity contribution in [2.45, 2.75) is 5.54 Å². The number of nitrogens with zero attached hydrogens (tertiary/aromatic N) is 2. The number of benzene rings is 2. The smallest absolute Gasteiger partial charge is 0.211 e. The Balaban J connectivity index is 2.39. The van der Waals surface area contributed by atoms with E-state index in [0.717, 1.165) is 16.7 Å². The van der Waals surface area contributed by atoms with Crippen LogP contribution in [-0.4, -0.2) is 12.2 Å². The minimum atomic E-state index is -1.13. The molecular formula is C17H10N2O2. The van der Waals surface area contributed by atoms with Gasteiger partial charge in [0.25, 0.3) is 0 Å².